The van der Waals surface area contributed by atoms with Gasteiger partial charge in [-0.3, -0.25) is 4.99 Å². The van der Waals surface area contributed by atoms with Crippen LogP contribution in [0.5, 0.6) is 0 Å². The van der Waals surface area contributed by atoms with Gasteiger partial charge in [-0.05, 0) is 61.6 Å². The maximum atomic E-state index is 14.2. The van der Waals surface area contributed by atoms with Gasteiger partial charge in [0.1, 0.15) is 21.9 Å². The highest BCUT2D eigenvalue weighted by Gasteiger charge is 2.47. The Bertz CT molecular complexity index is 738. The van der Waals surface area contributed by atoms with Crippen molar-refractivity contribution in [2.24, 2.45) is 15.1 Å². The minimum Gasteiger partial charge on any atom is -0.386 e. The average molecular weight is 423 g/mol. The smallest absolute Gasteiger partial charge is 0.128 e. The molecule has 1 aliphatic rings. The minimum atomic E-state index is -2.64. The van der Waals surface area contributed by atoms with Gasteiger partial charge in [-0.2, -0.15) is 0 Å². The molecule has 7 heteroatoms. The summed E-state index contributed by atoms with van der Waals surface area (Å²) < 4.78 is 31.6. The first-order valence-electron chi connectivity index (χ1n) is 6.49. The van der Waals surface area contributed by atoms with E-state index in [2.05, 4.69) is 31.9 Å². The molecule has 4 nitrogen and oxygen atoms in total. The molecule has 0 saturated carbocycles. The van der Waals surface area contributed by atoms with E-state index in [0.717, 1.165) is 3.57 Å². The third kappa shape index (κ3) is 2.58. The lowest BCUT2D eigenvalue weighted by atomic mass is 9.93. The van der Waals surface area contributed by atoms with E-state index in [1.807, 2.05) is 0 Å². The van der Waals surface area contributed by atoms with Crippen molar-refractivity contribution in [1.29, 1.82) is 0 Å². The molecule has 1 heterocycles. The second-order valence-corrected chi connectivity index (χ2v) is 10.1. The van der Waals surface area contributed by atoms with Crippen LogP contribution in [0.3, 0.4) is 0 Å². The number of amidine groups is 1. The van der Waals surface area contributed by atoms with Crippen molar-refractivity contribution in [1.82, 2.24) is 0 Å². The van der Waals surface area contributed by atoms with Crippen LogP contribution in [0.15, 0.2) is 27.6 Å². The van der Waals surface area contributed by atoms with Crippen molar-refractivity contribution in [2.75, 3.05) is 12.8 Å². The van der Waals surface area contributed by atoms with E-state index in [-0.39, 0.29) is 17.4 Å². The van der Waals surface area contributed by atoms with E-state index in [9.17, 15) is 8.60 Å². The molecule has 0 aromatic heterocycles. The summed E-state index contributed by atoms with van der Waals surface area (Å²) >= 11 is 2.11. The lowest BCUT2D eigenvalue weighted by Crippen LogP contribution is -2.54. The van der Waals surface area contributed by atoms with Crippen LogP contribution in [0.1, 0.15) is 26.3 Å². The van der Waals surface area contributed by atoms with Gasteiger partial charge < -0.3 is 5.73 Å². The fourth-order valence-electron chi connectivity index (χ4n) is 2.50. The Labute approximate surface area is 138 Å². The molecule has 0 spiro atoms. The van der Waals surface area contributed by atoms with Gasteiger partial charge in [-0.1, -0.05) is 0 Å². The van der Waals surface area contributed by atoms with Crippen molar-refractivity contribution in [2.45, 2.75) is 31.1 Å². The van der Waals surface area contributed by atoms with E-state index in [4.69, 9.17) is 5.73 Å². The van der Waals surface area contributed by atoms with Crippen LogP contribution in [0, 0.1) is 9.39 Å². The second kappa shape index (κ2) is 5.19. The number of hydrogen-bond acceptors (Lipinski definition) is 4. The van der Waals surface area contributed by atoms with Crippen LogP contribution in [-0.2, 0) is 15.3 Å². The Morgan fingerprint density at radius 3 is 2.62 bits per heavy atom. The van der Waals surface area contributed by atoms with Crippen molar-refractivity contribution in [3.63, 3.8) is 0 Å². The fourth-order valence-corrected chi connectivity index (χ4v) is 5.29. The van der Waals surface area contributed by atoms with Crippen LogP contribution in [0.2, 0.25) is 0 Å². The first kappa shape index (κ1) is 16.7. The Morgan fingerprint density at radius 2 is 2.05 bits per heavy atom. The van der Waals surface area contributed by atoms with Gasteiger partial charge in [0.2, 0.25) is 0 Å². The summed E-state index contributed by atoms with van der Waals surface area (Å²) in [4.78, 5) is 4.49. The van der Waals surface area contributed by atoms with Gasteiger partial charge in [0.05, 0.1) is 15.5 Å². The lowest BCUT2D eigenvalue weighted by Gasteiger charge is -2.40. The summed E-state index contributed by atoms with van der Waals surface area (Å²) in [5, 5.41) is 0. The molecule has 0 radical (unpaired) electrons. The highest BCUT2D eigenvalue weighted by molar-refractivity contribution is 14.1. The SMILES string of the molecule is CN=[S@@]1(=O)C[C@@](C)(c2cc(I)ccc2F)N=C(N)C1(C)C. The molecule has 1 aromatic rings. The summed E-state index contributed by atoms with van der Waals surface area (Å²) in [6, 6.07) is 4.81. The summed E-state index contributed by atoms with van der Waals surface area (Å²) in [6.07, 6.45) is 0. The van der Waals surface area contributed by atoms with Crippen LogP contribution in [0.25, 0.3) is 0 Å². The standard InChI is InChI=1S/C14H19FIN3OS/c1-13(2)12(17)19-14(3,8-21(13,20)18-4)10-7-9(16)5-6-11(10)15/h5-7H,8H2,1-4H3,(H2,17,19)/t14-,21+/m0/s1. The predicted octanol–water partition coefficient (Wildman–Crippen LogP) is 2.89. The maximum absolute atomic E-state index is 14.2. The monoisotopic (exact) mass is 423 g/mol. The zero-order chi connectivity index (χ0) is 16.1. The van der Waals surface area contributed by atoms with Crippen LogP contribution in [-0.4, -0.2) is 27.6 Å². The Kier molecular flexibility index (Phi) is 4.12. The van der Waals surface area contributed by atoms with E-state index in [1.165, 1.54) is 13.1 Å². The minimum absolute atomic E-state index is 0.154. The molecular weight excluding hydrogens is 404 g/mol. The van der Waals surface area contributed by atoms with Crippen molar-refractivity contribution in [3.8, 4) is 0 Å². The Hall–Kier alpha value is -0.700. The molecule has 2 N–H and O–H groups in total. The molecule has 0 aliphatic carbocycles. The first-order valence-corrected chi connectivity index (χ1v) is 9.26. The Balaban J connectivity index is 2.73. The van der Waals surface area contributed by atoms with Gasteiger partial charge in [0, 0.05) is 16.2 Å². The van der Waals surface area contributed by atoms with Gasteiger partial charge in [0.25, 0.3) is 0 Å². The normalized spacial score (nSPS) is 31.6. The van der Waals surface area contributed by atoms with Gasteiger partial charge in [0.15, 0.2) is 0 Å². The van der Waals surface area contributed by atoms with Crippen molar-refractivity contribution in [3.05, 3.63) is 33.1 Å². The number of hydrogen-bond donors (Lipinski definition) is 1. The molecule has 0 unspecified atom stereocenters. The molecular formula is C14H19FIN3OS. The number of rotatable bonds is 1. The zero-order valence-corrected chi connectivity index (χ0v) is 15.5. The first-order chi connectivity index (χ1) is 9.56. The quantitative estimate of drug-likeness (QED) is 0.706. The summed E-state index contributed by atoms with van der Waals surface area (Å²) in [5.74, 6) is 0.0402. The van der Waals surface area contributed by atoms with Gasteiger partial charge in [-0.15, -0.1) is 0 Å². The van der Waals surface area contributed by atoms with Gasteiger partial charge in [-0.25, -0.2) is 13.0 Å². The van der Waals surface area contributed by atoms with Crippen molar-refractivity contribution < 1.29 is 8.60 Å². The summed E-state index contributed by atoms with van der Waals surface area (Å²) in [5.41, 5.74) is 5.49. The number of nitrogens with zero attached hydrogens (tertiary/aromatic N) is 2. The van der Waals surface area contributed by atoms with Crippen molar-refractivity contribution >= 4 is 38.2 Å². The van der Waals surface area contributed by atoms with Crippen LogP contribution >= 0.6 is 22.6 Å². The van der Waals surface area contributed by atoms with Crippen LogP contribution in [0.4, 0.5) is 4.39 Å². The fraction of sp³-hybridized carbons (Fsp3) is 0.500. The molecule has 1 aromatic carbocycles. The topological polar surface area (TPSA) is 67.8 Å². The predicted molar refractivity (Wildman–Crippen MR) is 93.5 cm³/mol. The zero-order valence-electron chi connectivity index (χ0n) is 12.5. The number of aliphatic imine (C=N–C) groups is 1. The molecule has 0 saturated heterocycles. The highest BCUT2D eigenvalue weighted by atomic mass is 127. The maximum Gasteiger partial charge on any atom is 0.128 e. The molecule has 0 fully saturated rings. The lowest BCUT2D eigenvalue weighted by molar-refractivity contribution is 0.491. The third-order valence-corrected chi connectivity index (χ3v) is 8.08. The highest BCUT2D eigenvalue weighted by Crippen LogP contribution is 2.39. The second-order valence-electron chi connectivity index (χ2n) is 5.87. The molecule has 2 rings (SSSR count). The van der Waals surface area contributed by atoms with E-state index < -0.39 is 20.0 Å². The molecule has 0 bridgehead atoms. The molecule has 116 valence electrons. The summed E-state index contributed by atoms with van der Waals surface area (Å²) in [7, 11) is -1.12. The number of nitrogens with two attached hydrogens (primary N) is 1. The summed E-state index contributed by atoms with van der Waals surface area (Å²) in [6.45, 7) is 5.30. The molecule has 1 aliphatic heterocycles. The number of benzene rings is 1. The van der Waals surface area contributed by atoms with E-state index in [0.29, 0.717) is 5.56 Å². The van der Waals surface area contributed by atoms with E-state index in [1.54, 1.807) is 32.9 Å². The largest absolute Gasteiger partial charge is 0.386 e. The van der Waals surface area contributed by atoms with Gasteiger partial charge >= 0.3 is 0 Å². The molecule has 21 heavy (non-hydrogen) atoms. The molecule has 0 amide bonds. The third-order valence-electron chi connectivity index (χ3n) is 4.06. The number of halogens is 2. The molecule has 2 atom stereocenters. The Morgan fingerprint density at radius 1 is 1.43 bits per heavy atom. The van der Waals surface area contributed by atoms with Crippen LogP contribution < -0.4 is 5.73 Å². The average Bonchev–Trinajstić information content (AvgIpc) is 2.39. The van der Waals surface area contributed by atoms with E-state index >= 15 is 0 Å².